The predicted molar refractivity (Wildman–Crippen MR) is 83.2 cm³/mol. The Morgan fingerprint density at radius 1 is 1.26 bits per heavy atom. The molecule has 0 atom stereocenters. The average molecular weight is 361 g/mol. The van der Waals surface area contributed by atoms with Crippen LogP contribution in [0.3, 0.4) is 0 Å². The van der Waals surface area contributed by atoms with Crippen LogP contribution in [0.15, 0.2) is 32.9 Å². The van der Waals surface area contributed by atoms with E-state index in [1.165, 1.54) is 11.3 Å². The second-order valence-electron chi connectivity index (χ2n) is 4.17. The van der Waals surface area contributed by atoms with Crippen molar-refractivity contribution < 1.29 is 8.42 Å². The van der Waals surface area contributed by atoms with E-state index in [0.717, 1.165) is 14.2 Å². The number of hydrogen-bond acceptors (Lipinski definition) is 4. The summed E-state index contributed by atoms with van der Waals surface area (Å²) in [7, 11) is -3.61. The molecule has 0 aliphatic carbocycles. The first-order valence-corrected chi connectivity index (χ1v) is 8.54. The van der Waals surface area contributed by atoms with E-state index >= 15 is 0 Å². The quantitative estimate of drug-likeness (QED) is 0.822. The normalized spacial score (nSPS) is 11.5. The van der Waals surface area contributed by atoms with Gasteiger partial charge in [-0.05, 0) is 53.5 Å². The van der Waals surface area contributed by atoms with Crippen LogP contribution in [-0.4, -0.2) is 8.42 Å². The maximum absolute atomic E-state index is 12.3. The van der Waals surface area contributed by atoms with Crippen LogP contribution in [0.1, 0.15) is 10.4 Å². The lowest BCUT2D eigenvalue weighted by Gasteiger charge is -2.10. The summed E-state index contributed by atoms with van der Waals surface area (Å²) in [6, 6.07) is 6.80. The third kappa shape index (κ3) is 3.10. The number of benzene rings is 1. The van der Waals surface area contributed by atoms with Gasteiger partial charge in [-0.25, -0.2) is 8.42 Å². The van der Waals surface area contributed by atoms with Crippen molar-refractivity contribution in [1.82, 2.24) is 0 Å². The Balaban J connectivity index is 2.39. The van der Waals surface area contributed by atoms with Gasteiger partial charge in [0.1, 0.15) is 4.90 Å². The molecule has 7 heteroatoms. The molecule has 0 radical (unpaired) electrons. The summed E-state index contributed by atoms with van der Waals surface area (Å²) in [5, 5.41) is 0. The molecule has 2 rings (SSSR count). The van der Waals surface area contributed by atoms with Crippen molar-refractivity contribution in [2.75, 3.05) is 10.5 Å². The summed E-state index contributed by atoms with van der Waals surface area (Å²) in [5.74, 6) is 0. The van der Waals surface area contributed by atoms with Gasteiger partial charge in [0.25, 0.3) is 10.0 Å². The molecule has 2 aromatic rings. The molecule has 102 valence electrons. The summed E-state index contributed by atoms with van der Waals surface area (Å²) in [4.78, 5) is 0.995. The molecule has 0 bridgehead atoms. The summed E-state index contributed by atoms with van der Waals surface area (Å²) in [5.41, 5.74) is 7.61. The molecule has 3 N–H and O–H groups in total. The fourth-order valence-electron chi connectivity index (χ4n) is 1.67. The van der Waals surface area contributed by atoms with Crippen LogP contribution >= 0.6 is 27.3 Å². The second-order valence-corrected chi connectivity index (χ2v) is 8.45. The molecule has 0 amide bonds. The predicted octanol–water partition coefficient (Wildman–Crippen LogP) is 3.51. The number of halogens is 1. The van der Waals surface area contributed by atoms with Gasteiger partial charge in [0.05, 0.1) is 15.2 Å². The van der Waals surface area contributed by atoms with Crippen LogP contribution < -0.4 is 10.5 Å². The minimum absolute atomic E-state index is 0.268. The molecule has 4 nitrogen and oxygen atoms in total. The number of hydrogen-bond donors (Lipinski definition) is 2. The van der Waals surface area contributed by atoms with E-state index in [1.807, 2.05) is 13.0 Å². The molecule has 0 fully saturated rings. The first-order valence-electron chi connectivity index (χ1n) is 5.44. The van der Waals surface area contributed by atoms with Gasteiger partial charge in [0, 0.05) is 4.88 Å². The van der Waals surface area contributed by atoms with Gasteiger partial charge in [-0.1, -0.05) is 6.07 Å². The van der Waals surface area contributed by atoms with Crippen molar-refractivity contribution >= 4 is 48.7 Å². The van der Waals surface area contributed by atoms with Crippen LogP contribution in [0.4, 0.5) is 11.4 Å². The van der Waals surface area contributed by atoms with E-state index in [2.05, 4.69) is 20.7 Å². The third-order valence-corrected chi connectivity index (χ3v) is 5.76. The van der Waals surface area contributed by atoms with E-state index in [0.29, 0.717) is 11.4 Å². The second kappa shape index (κ2) is 5.15. The molecular formula is C12H13BrN2O2S2. The van der Waals surface area contributed by atoms with Gasteiger partial charge in [-0.2, -0.15) is 0 Å². The van der Waals surface area contributed by atoms with Crippen LogP contribution in [0.2, 0.25) is 0 Å². The molecule has 0 aliphatic heterocycles. The van der Waals surface area contributed by atoms with Gasteiger partial charge >= 0.3 is 0 Å². The highest BCUT2D eigenvalue weighted by Gasteiger charge is 2.20. The van der Waals surface area contributed by atoms with Gasteiger partial charge in [0.15, 0.2) is 0 Å². The highest BCUT2D eigenvalue weighted by atomic mass is 79.9. The summed E-state index contributed by atoms with van der Waals surface area (Å²) >= 11 is 4.67. The summed E-state index contributed by atoms with van der Waals surface area (Å²) in [6.07, 6.45) is 0. The Kier molecular flexibility index (Phi) is 3.89. The summed E-state index contributed by atoms with van der Waals surface area (Å²) in [6.45, 7) is 3.66. The Hall–Kier alpha value is -1.05. The number of nitrogens with one attached hydrogen (secondary N) is 1. The Morgan fingerprint density at radius 3 is 2.47 bits per heavy atom. The first kappa shape index (κ1) is 14.4. The van der Waals surface area contributed by atoms with Crippen LogP contribution in [0.25, 0.3) is 0 Å². The highest BCUT2D eigenvalue weighted by Crippen LogP contribution is 2.31. The molecule has 0 unspecified atom stereocenters. The standard InChI is InChI=1S/C12H13BrN2O2S2/c1-7-3-4-10(9(14)5-7)15-19(16,17)11-6-12(13)18-8(11)2/h3-6,15H,14H2,1-2H3. The zero-order valence-corrected chi connectivity index (χ0v) is 13.6. The molecule has 1 aromatic heterocycles. The van der Waals surface area contributed by atoms with Crippen molar-refractivity contribution in [3.63, 3.8) is 0 Å². The van der Waals surface area contributed by atoms with E-state index in [1.54, 1.807) is 25.1 Å². The van der Waals surface area contributed by atoms with E-state index in [-0.39, 0.29) is 4.90 Å². The zero-order valence-electron chi connectivity index (χ0n) is 10.4. The van der Waals surface area contributed by atoms with Crippen LogP contribution in [0.5, 0.6) is 0 Å². The van der Waals surface area contributed by atoms with Gasteiger partial charge in [-0.3, -0.25) is 4.72 Å². The smallest absolute Gasteiger partial charge is 0.263 e. The fourth-order valence-corrected chi connectivity index (χ4v) is 5.18. The largest absolute Gasteiger partial charge is 0.397 e. The first-order chi connectivity index (χ1) is 8.79. The molecule has 0 spiro atoms. The number of thiophene rings is 1. The van der Waals surface area contributed by atoms with Crippen molar-refractivity contribution in [2.45, 2.75) is 18.7 Å². The SMILES string of the molecule is Cc1ccc(NS(=O)(=O)c2cc(Br)sc2C)c(N)c1. The number of sulfonamides is 1. The lowest BCUT2D eigenvalue weighted by molar-refractivity contribution is 0.601. The number of nitrogen functional groups attached to an aromatic ring is 1. The highest BCUT2D eigenvalue weighted by molar-refractivity contribution is 9.11. The van der Waals surface area contributed by atoms with E-state index in [4.69, 9.17) is 5.73 Å². The Morgan fingerprint density at radius 2 is 1.95 bits per heavy atom. The minimum Gasteiger partial charge on any atom is -0.397 e. The molecule has 0 saturated heterocycles. The van der Waals surface area contributed by atoms with Crippen LogP contribution in [-0.2, 0) is 10.0 Å². The molecule has 19 heavy (non-hydrogen) atoms. The topological polar surface area (TPSA) is 72.2 Å². The van der Waals surface area contributed by atoms with Gasteiger partial charge < -0.3 is 5.73 Å². The van der Waals surface area contributed by atoms with E-state index in [9.17, 15) is 8.42 Å². The third-order valence-electron chi connectivity index (χ3n) is 2.58. The van der Waals surface area contributed by atoms with Crippen molar-refractivity contribution in [2.24, 2.45) is 0 Å². The average Bonchev–Trinajstić information content (AvgIpc) is 2.63. The van der Waals surface area contributed by atoms with Gasteiger partial charge in [0.2, 0.25) is 0 Å². The zero-order chi connectivity index (χ0) is 14.2. The van der Waals surface area contributed by atoms with Crippen molar-refractivity contribution in [3.05, 3.63) is 38.5 Å². The number of anilines is 2. The summed E-state index contributed by atoms with van der Waals surface area (Å²) < 4.78 is 27.9. The van der Waals surface area contributed by atoms with Crippen molar-refractivity contribution in [1.29, 1.82) is 0 Å². The number of rotatable bonds is 3. The lowest BCUT2D eigenvalue weighted by atomic mass is 10.2. The lowest BCUT2D eigenvalue weighted by Crippen LogP contribution is -2.14. The Labute approximate surface area is 124 Å². The molecule has 0 saturated carbocycles. The monoisotopic (exact) mass is 360 g/mol. The molecular weight excluding hydrogens is 348 g/mol. The van der Waals surface area contributed by atoms with Crippen molar-refractivity contribution in [3.8, 4) is 0 Å². The number of aryl methyl sites for hydroxylation is 2. The Bertz CT molecular complexity index is 723. The fraction of sp³-hybridized carbons (Fsp3) is 0.167. The van der Waals surface area contributed by atoms with Crippen LogP contribution in [0, 0.1) is 13.8 Å². The number of nitrogens with two attached hydrogens (primary N) is 1. The maximum atomic E-state index is 12.3. The minimum atomic E-state index is -3.61. The van der Waals surface area contributed by atoms with E-state index < -0.39 is 10.0 Å². The van der Waals surface area contributed by atoms with Gasteiger partial charge in [-0.15, -0.1) is 11.3 Å². The molecule has 0 aliphatic rings. The molecule has 1 heterocycles. The maximum Gasteiger partial charge on any atom is 0.263 e. The molecule has 1 aromatic carbocycles.